The molecule has 1 aromatic rings. The fourth-order valence-corrected chi connectivity index (χ4v) is 2.69. The Morgan fingerprint density at radius 1 is 1.42 bits per heavy atom. The molecule has 106 valence electrons. The minimum absolute atomic E-state index is 0.0558. The number of hydrogen-bond donors (Lipinski definition) is 2. The summed E-state index contributed by atoms with van der Waals surface area (Å²) in [5.41, 5.74) is -0.0558. The van der Waals surface area contributed by atoms with Crippen molar-refractivity contribution in [1.29, 1.82) is 0 Å². The number of aliphatic hydroxyl groups is 1. The van der Waals surface area contributed by atoms with Crippen LogP contribution in [-0.4, -0.2) is 35.3 Å². The van der Waals surface area contributed by atoms with Crippen LogP contribution in [0.3, 0.4) is 0 Å². The molecule has 1 heterocycles. The van der Waals surface area contributed by atoms with E-state index in [1.54, 1.807) is 0 Å². The summed E-state index contributed by atoms with van der Waals surface area (Å²) in [6.45, 7) is 0.864. The Kier molecular flexibility index (Phi) is 4.82. The van der Waals surface area contributed by atoms with E-state index in [1.807, 2.05) is 0 Å². The van der Waals surface area contributed by atoms with Crippen LogP contribution in [0.15, 0.2) is 6.20 Å². The van der Waals surface area contributed by atoms with Crippen molar-refractivity contribution in [3.05, 3.63) is 11.2 Å². The number of nitrogens with one attached hydrogen (secondary N) is 1. The molecule has 0 aliphatic heterocycles. The third-order valence-electron chi connectivity index (χ3n) is 3.79. The lowest BCUT2D eigenvalue weighted by atomic mass is 9.74. The van der Waals surface area contributed by atoms with Crippen molar-refractivity contribution in [2.75, 3.05) is 25.6 Å². The van der Waals surface area contributed by atoms with Crippen LogP contribution < -0.4 is 10.1 Å². The molecule has 0 spiro atoms. The number of ether oxygens (including phenoxy) is 1. The first-order chi connectivity index (χ1) is 9.19. The normalized spacial score (nSPS) is 18.1. The summed E-state index contributed by atoms with van der Waals surface area (Å²) >= 11 is 6.05. The molecule has 0 aromatic carbocycles. The Labute approximate surface area is 118 Å². The predicted octanol–water partition coefficient (Wildman–Crippen LogP) is 2.49. The highest BCUT2D eigenvalue weighted by molar-refractivity contribution is 6.32. The largest absolute Gasteiger partial charge is 0.467 e. The number of halogens is 1. The second kappa shape index (κ2) is 6.39. The zero-order valence-electron chi connectivity index (χ0n) is 11.2. The molecule has 1 saturated carbocycles. The van der Waals surface area contributed by atoms with Crippen LogP contribution in [0, 0.1) is 5.41 Å². The maximum absolute atomic E-state index is 9.66. The molecule has 19 heavy (non-hydrogen) atoms. The van der Waals surface area contributed by atoms with Crippen molar-refractivity contribution >= 4 is 17.4 Å². The highest BCUT2D eigenvalue weighted by Gasteiger charge is 2.31. The maximum atomic E-state index is 9.66. The molecule has 0 amide bonds. The van der Waals surface area contributed by atoms with Crippen LogP contribution in [0.5, 0.6) is 6.01 Å². The van der Waals surface area contributed by atoms with E-state index in [-0.39, 0.29) is 18.0 Å². The summed E-state index contributed by atoms with van der Waals surface area (Å²) in [6.07, 6.45) is 7.19. The van der Waals surface area contributed by atoms with Crippen LogP contribution in [0.1, 0.15) is 32.1 Å². The molecular formula is C13H20ClN3O2. The molecule has 1 aliphatic rings. The van der Waals surface area contributed by atoms with Crippen LogP contribution in [0.2, 0.25) is 5.02 Å². The number of hydrogen-bond acceptors (Lipinski definition) is 5. The molecule has 1 fully saturated rings. The molecule has 0 unspecified atom stereocenters. The third kappa shape index (κ3) is 3.48. The number of nitrogens with zero attached hydrogens (tertiary/aromatic N) is 2. The topological polar surface area (TPSA) is 67.3 Å². The first kappa shape index (κ1) is 14.3. The Balaban J connectivity index is 2.04. The molecule has 0 bridgehead atoms. The summed E-state index contributed by atoms with van der Waals surface area (Å²) in [5, 5.41) is 13.3. The second-order valence-corrected chi connectivity index (χ2v) is 5.53. The smallest absolute Gasteiger partial charge is 0.318 e. The predicted molar refractivity (Wildman–Crippen MR) is 74.7 cm³/mol. The minimum Gasteiger partial charge on any atom is -0.467 e. The fraction of sp³-hybridized carbons (Fsp3) is 0.692. The Bertz CT molecular complexity index is 422. The van der Waals surface area contributed by atoms with Gasteiger partial charge in [0, 0.05) is 12.0 Å². The molecule has 1 aromatic heterocycles. The van der Waals surface area contributed by atoms with Gasteiger partial charge in [-0.3, -0.25) is 0 Å². The quantitative estimate of drug-likeness (QED) is 0.870. The first-order valence-corrected chi connectivity index (χ1v) is 6.98. The zero-order chi connectivity index (χ0) is 13.7. The summed E-state index contributed by atoms with van der Waals surface area (Å²) in [6, 6.07) is 0.286. The van der Waals surface area contributed by atoms with Crippen molar-refractivity contribution in [2.24, 2.45) is 5.41 Å². The molecule has 5 nitrogen and oxygen atoms in total. The van der Waals surface area contributed by atoms with E-state index in [0.717, 1.165) is 12.8 Å². The van der Waals surface area contributed by atoms with E-state index in [0.29, 0.717) is 17.4 Å². The standard InChI is InChI=1S/C13H20ClN3O2/c1-19-12-15-7-10(14)11(17-12)16-8-13(9-18)5-3-2-4-6-13/h7,18H,2-6,8-9H2,1H3,(H,15,16,17). The van der Waals surface area contributed by atoms with E-state index in [4.69, 9.17) is 16.3 Å². The van der Waals surface area contributed by atoms with E-state index < -0.39 is 0 Å². The van der Waals surface area contributed by atoms with Gasteiger partial charge in [-0.1, -0.05) is 30.9 Å². The number of aliphatic hydroxyl groups excluding tert-OH is 1. The number of anilines is 1. The summed E-state index contributed by atoms with van der Waals surface area (Å²) in [5.74, 6) is 0.562. The molecule has 1 aliphatic carbocycles. The highest BCUT2D eigenvalue weighted by atomic mass is 35.5. The van der Waals surface area contributed by atoms with Crippen molar-refractivity contribution < 1.29 is 9.84 Å². The van der Waals surface area contributed by atoms with Gasteiger partial charge in [-0.25, -0.2) is 4.98 Å². The van der Waals surface area contributed by atoms with Crippen molar-refractivity contribution in [1.82, 2.24) is 9.97 Å². The molecule has 0 atom stereocenters. The van der Waals surface area contributed by atoms with Gasteiger partial charge >= 0.3 is 6.01 Å². The number of rotatable bonds is 5. The highest BCUT2D eigenvalue weighted by Crippen LogP contribution is 2.36. The molecule has 6 heteroatoms. The van der Waals surface area contributed by atoms with Gasteiger partial charge < -0.3 is 15.2 Å². The monoisotopic (exact) mass is 285 g/mol. The second-order valence-electron chi connectivity index (χ2n) is 5.13. The number of aromatic nitrogens is 2. The summed E-state index contributed by atoms with van der Waals surface area (Å²) in [7, 11) is 1.52. The molecule has 0 radical (unpaired) electrons. The van der Waals surface area contributed by atoms with E-state index in [9.17, 15) is 5.11 Å². The lowest BCUT2D eigenvalue weighted by molar-refractivity contribution is 0.0943. The van der Waals surface area contributed by atoms with Gasteiger partial charge in [-0.2, -0.15) is 4.98 Å². The average Bonchev–Trinajstić information content (AvgIpc) is 2.47. The van der Waals surface area contributed by atoms with Crippen LogP contribution in [-0.2, 0) is 0 Å². The van der Waals surface area contributed by atoms with Gasteiger partial charge in [0.15, 0.2) is 5.82 Å². The van der Waals surface area contributed by atoms with Gasteiger partial charge in [-0.05, 0) is 12.8 Å². The minimum atomic E-state index is -0.0558. The fourth-order valence-electron chi connectivity index (χ4n) is 2.54. The third-order valence-corrected chi connectivity index (χ3v) is 4.06. The Morgan fingerprint density at radius 3 is 2.79 bits per heavy atom. The van der Waals surface area contributed by atoms with Gasteiger partial charge in [0.25, 0.3) is 0 Å². The SMILES string of the molecule is COc1ncc(Cl)c(NCC2(CO)CCCCC2)n1. The van der Waals surface area contributed by atoms with E-state index >= 15 is 0 Å². The molecule has 2 N–H and O–H groups in total. The molecule has 0 saturated heterocycles. The summed E-state index contributed by atoms with van der Waals surface area (Å²) in [4.78, 5) is 8.12. The maximum Gasteiger partial charge on any atom is 0.318 e. The lowest BCUT2D eigenvalue weighted by Gasteiger charge is -2.35. The zero-order valence-corrected chi connectivity index (χ0v) is 11.9. The van der Waals surface area contributed by atoms with Crippen molar-refractivity contribution in [3.8, 4) is 6.01 Å². The van der Waals surface area contributed by atoms with Crippen molar-refractivity contribution in [3.63, 3.8) is 0 Å². The van der Waals surface area contributed by atoms with Gasteiger partial charge in [0.05, 0.1) is 19.9 Å². The Morgan fingerprint density at radius 2 is 2.16 bits per heavy atom. The van der Waals surface area contributed by atoms with Crippen LogP contribution >= 0.6 is 11.6 Å². The Hall–Kier alpha value is -1.07. The van der Waals surface area contributed by atoms with Crippen LogP contribution in [0.4, 0.5) is 5.82 Å². The van der Waals surface area contributed by atoms with E-state index in [1.165, 1.54) is 32.6 Å². The average molecular weight is 286 g/mol. The van der Waals surface area contributed by atoms with Crippen molar-refractivity contribution in [2.45, 2.75) is 32.1 Å². The molecule has 2 rings (SSSR count). The van der Waals surface area contributed by atoms with Gasteiger partial charge in [-0.15, -0.1) is 0 Å². The molecular weight excluding hydrogens is 266 g/mol. The summed E-state index contributed by atoms with van der Waals surface area (Å²) < 4.78 is 4.98. The first-order valence-electron chi connectivity index (χ1n) is 6.60. The van der Waals surface area contributed by atoms with Crippen LogP contribution in [0.25, 0.3) is 0 Å². The van der Waals surface area contributed by atoms with E-state index in [2.05, 4.69) is 15.3 Å². The number of methoxy groups -OCH3 is 1. The van der Waals surface area contributed by atoms with Gasteiger partial charge in [0.1, 0.15) is 5.02 Å². The van der Waals surface area contributed by atoms with Gasteiger partial charge in [0.2, 0.25) is 0 Å². The lowest BCUT2D eigenvalue weighted by Crippen LogP contribution is -2.35.